The topological polar surface area (TPSA) is 67.4 Å². The second kappa shape index (κ2) is 7.00. The van der Waals surface area contributed by atoms with E-state index in [0.29, 0.717) is 6.54 Å². The number of aryl methyl sites for hydroxylation is 1. The van der Waals surface area contributed by atoms with E-state index in [9.17, 15) is 0 Å². The number of aromatic nitrogens is 2. The summed E-state index contributed by atoms with van der Waals surface area (Å²) in [6, 6.07) is 10.1. The van der Waals surface area contributed by atoms with Gasteiger partial charge in [0.2, 0.25) is 0 Å². The third kappa shape index (κ3) is 3.53. The van der Waals surface area contributed by atoms with Gasteiger partial charge in [-0.3, -0.25) is 4.99 Å². The highest BCUT2D eigenvalue weighted by Crippen LogP contribution is 2.14. The Kier molecular flexibility index (Phi) is 4.61. The van der Waals surface area contributed by atoms with E-state index in [1.54, 1.807) is 19.6 Å². The largest absolute Gasteiger partial charge is 0.472 e. The molecule has 0 atom stereocenters. The Morgan fingerprint density at radius 2 is 2.13 bits per heavy atom. The van der Waals surface area contributed by atoms with Crippen molar-refractivity contribution in [1.29, 1.82) is 0 Å². The van der Waals surface area contributed by atoms with Crippen LogP contribution in [-0.4, -0.2) is 29.1 Å². The first-order valence-corrected chi connectivity index (χ1v) is 7.65. The second-order valence-corrected chi connectivity index (χ2v) is 5.28. The molecular weight excluding hydrogens is 290 g/mol. The van der Waals surface area contributed by atoms with E-state index in [0.717, 1.165) is 41.5 Å². The van der Waals surface area contributed by atoms with Crippen LogP contribution in [0, 0.1) is 6.92 Å². The fourth-order valence-corrected chi connectivity index (χ4v) is 2.56. The molecule has 0 radical (unpaired) electrons. The number of benzene rings is 1. The van der Waals surface area contributed by atoms with Crippen molar-refractivity contribution in [2.45, 2.75) is 20.0 Å². The number of para-hydroxylation sites is 2. The van der Waals surface area contributed by atoms with Crippen molar-refractivity contribution in [1.82, 2.24) is 20.2 Å². The molecule has 0 amide bonds. The van der Waals surface area contributed by atoms with Crippen LogP contribution in [0.4, 0.5) is 0 Å². The normalized spacial score (nSPS) is 11.8. The highest BCUT2D eigenvalue weighted by molar-refractivity contribution is 5.79. The number of guanidine groups is 1. The smallest absolute Gasteiger partial charge is 0.191 e. The van der Waals surface area contributed by atoms with Gasteiger partial charge in [0.1, 0.15) is 5.82 Å². The van der Waals surface area contributed by atoms with Crippen LogP contribution in [-0.2, 0) is 13.1 Å². The lowest BCUT2D eigenvalue weighted by molar-refractivity contribution is 0.563. The Bertz CT molecular complexity index is 789. The lowest BCUT2D eigenvalue weighted by atomic mass is 10.3. The monoisotopic (exact) mass is 311 g/mol. The van der Waals surface area contributed by atoms with Crippen molar-refractivity contribution in [3.63, 3.8) is 0 Å². The number of nitrogens with zero attached hydrogens (tertiary/aromatic N) is 3. The number of hydrogen-bond donors (Lipinski definition) is 2. The van der Waals surface area contributed by atoms with Crippen molar-refractivity contribution in [2.75, 3.05) is 13.6 Å². The van der Waals surface area contributed by atoms with E-state index in [4.69, 9.17) is 4.42 Å². The fraction of sp³-hybridized carbons (Fsp3) is 0.294. The highest BCUT2D eigenvalue weighted by Gasteiger charge is 2.06. The van der Waals surface area contributed by atoms with Crippen LogP contribution in [0.2, 0.25) is 0 Å². The summed E-state index contributed by atoms with van der Waals surface area (Å²) < 4.78 is 7.27. The molecule has 120 valence electrons. The molecule has 0 aliphatic rings. The summed E-state index contributed by atoms with van der Waals surface area (Å²) in [6.07, 6.45) is 3.39. The molecule has 0 aliphatic carbocycles. The summed E-state index contributed by atoms with van der Waals surface area (Å²) in [7, 11) is 1.77. The molecule has 6 heteroatoms. The van der Waals surface area contributed by atoms with Crippen molar-refractivity contribution in [3.8, 4) is 0 Å². The lowest BCUT2D eigenvalue weighted by Gasteiger charge is -2.12. The van der Waals surface area contributed by atoms with Crippen LogP contribution in [0.3, 0.4) is 0 Å². The Hall–Kier alpha value is -2.76. The van der Waals surface area contributed by atoms with Gasteiger partial charge < -0.3 is 19.6 Å². The summed E-state index contributed by atoms with van der Waals surface area (Å²) in [5.41, 5.74) is 3.28. The maximum atomic E-state index is 5.05. The van der Waals surface area contributed by atoms with Crippen molar-refractivity contribution in [2.24, 2.45) is 4.99 Å². The predicted octanol–water partition coefficient (Wildman–Crippen LogP) is 2.30. The minimum atomic E-state index is 0.684. The van der Waals surface area contributed by atoms with E-state index in [1.165, 1.54) is 0 Å². The second-order valence-electron chi connectivity index (χ2n) is 5.28. The van der Waals surface area contributed by atoms with E-state index in [-0.39, 0.29) is 0 Å². The van der Waals surface area contributed by atoms with Crippen molar-refractivity contribution >= 4 is 17.0 Å². The van der Waals surface area contributed by atoms with Crippen LogP contribution in [0.15, 0.2) is 52.3 Å². The first kappa shape index (κ1) is 15.1. The molecule has 0 bridgehead atoms. The molecule has 0 spiro atoms. The Morgan fingerprint density at radius 1 is 1.26 bits per heavy atom. The number of fused-ring (bicyclic) bond motifs is 1. The predicted molar refractivity (Wildman–Crippen MR) is 91.4 cm³/mol. The van der Waals surface area contributed by atoms with Gasteiger partial charge >= 0.3 is 0 Å². The molecular formula is C17H21N5O. The van der Waals surface area contributed by atoms with E-state index >= 15 is 0 Å². The van der Waals surface area contributed by atoms with Crippen LogP contribution in [0.25, 0.3) is 11.0 Å². The third-order valence-electron chi connectivity index (χ3n) is 3.74. The lowest BCUT2D eigenvalue weighted by Crippen LogP contribution is -2.38. The molecule has 2 aromatic heterocycles. The molecule has 0 aliphatic heterocycles. The van der Waals surface area contributed by atoms with Crippen molar-refractivity contribution < 1.29 is 4.42 Å². The number of furan rings is 1. The molecule has 6 nitrogen and oxygen atoms in total. The van der Waals surface area contributed by atoms with Crippen LogP contribution in [0.1, 0.15) is 11.4 Å². The highest BCUT2D eigenvalue weighted by atomic mass is 16.3. The molecule has 2 heterocycles. The molecule has 0 unspecified atom stereocenters. The van der Waals surface area contributed by atoms with Gasteiger partial charge in [-0.15, -0.1) is 0 Å². The Labute approximate surface area is 135 Å². The quantitative estimate of drug-likeness (QED) is 0.560. The van der Waals surface area contributed by atoms with E-state index < -0.39 is 0 Å². The average Bonchev–Trinajstić information content (AvgIpc) is 3.18. The SMILES string of the molecule is CN=C(NCCn1c(C)nc2ccccc21)NCc1ccoc1. The number of hydrogen-bond acceptors (Lipinski definition) is 3. The summed E-state index contributed by atoms with van der Waals surface area (Å²) in [4.78, 5) is 8.81. The standard InChI is InChI=1S/C17H21N5O/c1-13-21-15-5-3-4-6-16(15)22(13)9-8-19-17(18-2)20-11-14-7-10-23-12-14/h3-7,10,12H,8-9,11H2,1-2H3,(H2,18,19,20). The molecule has 23 heavy (non-hydrogen) atoms. The number of rotatable bonds is 5. The van der Waals surface area contributed by atoms with E-state index in [1.807, 2.05) is 31.2 Å². The fourth-order valence-electron chi connectivity index (χ4n) is 2.56. The summed E-state index contributed by atoms with van der Waals surface area (Å²) in [6.45, 7) is 4.32. The van der Waals surface area contributed by atoms with Gasteiger partial charge in [0, 0.05) is 32.2 Å². The first-order valence-electron chi connectivity index (χ1n) is 7.65. The van der Waals surface area contributed by atoms with Crippen LogP contribution < -0.4 is 10.6 Å². The van der Waals surface area contributed by atoms with Gasteiger partial charge in [0.25, 0.3) is 0 Å². The molecule has 1 aromatic carbocycles. The number of nitrogens with one attached hydrogen (secondary N) is 2. The van der Waals surface area contributed by atoms with Gasteiger partial charge in [-0.1, -0.05) is 12.1 Å². The van der Waals surface area contributed by atoms with E-state index in [2.05, 4.69) is 31.2 Å². The molecule has 2 N–H and O–H groups in total. The van der Waals surface area contributed by atoms with Gasteiger partial charge in [-0.2, -0.15) is 0 Å². The maximum absolute atomic E-state index is 5.05. The maximum Gasteiger partial charge on any atom is 0.191 e. The van der Waals surface area contributed by atoms with Crippen LogP contribution in [0.5, 0.6) is 0 Å². The molecule has 3 rings (SSSR count). The molecule has 0 saturated heterocycles. The van der Waals surface area contributed by atoms with Crippen LogP contribution >= 0.6 is 0 Å². The zero-order valence-electron chi connectivity index (χ0n) is 13.4. The van der Waals surface area contributed by atoms with Gasteiger partial charge in [0.05, 0.1) is 23.6 Å². The first-order chi connectivity index (χ1) is 11.3. The Morgan fingerprint density at radius 3 is 2.91 bits per heavy atom. The number of imidazole rings is 1. The Balaban J connectivity index is 1.56. The van der Waals surface area contributed by atoms with Gasteiger partial charge in [-0.25, -0.2) is 4.98 Å². The molecule has 0 saturated carbocycles. The van der Waals surface area contributed by atoms with Gasteiger partial charge in [0.15, 0.2) is 5.96 Å². The zero-order chi connectivity index (χ0) is 16.1. The minimum absolute atomic E-state index is 0.684. The minimum Gasteiger partial charge on any atom is -0.472 e. The molecule has 3 aromatic rings. The number of aliphatic imine (C=N–C) groups is 1. The summed E-state index contributed by atoms with van der Waals surface area (Å²) >= 11 is 0. The molecule has 0 fully saturated rings. The zero-order valence-corrected chi connectivity index (χ0v) is 13.4. The van der Waals surface area contributed by atoms with Gasteiger partial charge in [-0.05, 0) is 25.1 Å². The van der Waals surface area contributed by atoms with Crippen molar-refractivity contribution in [3.05, 3.63) is 54.2 Å². The summed E-state index contributed by atoms with van der Waals surface area (Å²) in [5, 5.41) is 6.58. The third-order valence-corrected chi connectivity index (χ3v) is 3.74. The average molecular weight is 311 g/mol. The summed E-state index contributed by atoms with van der Waals surface area (Å²) in [5.74, 6) is 1.79.